The van der Waals surface area contributed by atoms with Gasteiger partial charge in [-0.1, -0.05) is 35.4 Å². The van der Waals surface area contributed by atoms with E-state index in [1.54, 1.807) is 23.0 Å². The fraction of sp³-hybridized carbons (Fsp3) is 0.190. The zero-order valence-corrected chi connectivity index (χ0v) is 15.4. The summed E-state index contributed by atoms with van der Waals surface area (Å²) in [4.78, 5) is 24.2. The number of para-hydroxylation sites is 1. The summed E-state index contributed by atoms with van der Waals surface area (Å²) in [5, 5.41) is 9.73. The molecule has 2 amide bonds. The van der Waals surface area contributed by atoms with Crippen LogP contribution in [0, 0.1) is 13.8 Å². The number of rotatable bonds is 6. The van der Waals surface area contributed by atoms with Gasteiger partial charge in [0.1, 0.15) is 0 Å². The van der Waals surface area contributed by atoms with Crippen LogP contribution >= 0.6 is 0 Å². The Kier molecular flexibility index (Phi) is 5.66. The summed E-state index contributed by atoms with van der Waals surface area (Å²) >= 11 is 0. The van der Waals surface area contributed by atoms with Crippen molar-refractivity contribution in [3.05, 3.63) is 83.2 Å². The van der Waals surface area contributed by atoms with Crippen molar-refractivity contribution >= 4 is 11.8 Å². The Bertz CT molecular complexity index is 928. The first-order chi connectivity index (χ1) is 13.0. The molecule has 3 rings (SSSR count). The lowest BCUT2D eigenvalue weighted by Gasteiger charge is -2.07. The van der Waals surface area contributed by atoms with Crippen molar-refractivity contribution in [3.8, 4) is 5.69 Å². The Morgan fingerprint density at radius 2 is 1.70 bits per heavy atom. The minimum absolute atomic E-state index is 0.0708. The molecule has 0 spiro atoms. The van der Waals surface area contributed by atoms with E-state index in [0.29, 0.717) is 12.1 Å². The first-order valence-electron chi connectivity index (χ1n) is 8.73. The lowest BCUT2D eigenvalue weighted by Crippen LogP contribution is -2.36. The van der Waals surface area contributed by atoms with Gasteiger partial charge >= 0.3 is 0 Å². The van der Waals surface area contributed by atoms with E-state index in [1.165, 1.54) is 0 Å². The molecule has 138 valence electrons. The third-order valence-electron chi connectivity index (χ3n) is 4.04. The van der Waals surface area contributed by atoms with Gasteiger partial charge in [-0.25, -0.2) is 4.68 Å². The maximum absolute atomic E-state index is 12.2. The first kappa shape index (κ1) is 18.4. The maximum atomic E-state index is 12.2. The van der Waals surface area contributed by atoms with Crippen LogP contribution in [-0.4, -0.2) is 28.1 Å². The third-order valence-corrected chi connectivity index (χ3v) is 4.04. The van der Waals surface area contributed by atoms with Gasteiger partial charge in [0.25, 0.3) is 5.91 Å². The van der Waals surface area contributed by atoms with Crippen LogP contribution in [0.3, 0.4) is 0 Å². The number of hydrogen-bond acceptors (Lipinski definition) is 3. The van der Waals surface area contributed by atoms with Gasteiger partial charge in [0, 0.05) is 23.9 Å². The second-order valence-corrected chi connectivity index (χ2v) is 6.46. The highest BCUT2D eigenvalue weighted by molar-refractivity contribution is 5.96. The van der Waals surface area contributed by atoms with Gasteiger partial charge in [-0.05, 0) is 38.1 Å². The molecule has 2 aromatic carbocycles. The van der Waals surface area contributed by atoms with Crippen molar-refractivity contribution in [1.29, 1.82) is 0 Å². The van der Waals surface area contributed by atoms with E-state index in [4.69, 9.17) is 0 Å². The van der Waals surface area contributed by atoms with Crippen LogP contribution in [-0.2, 0) is 11.3 Å². The second kappa shape index (κ2) is 8.31. The summed E-state index contributed by atoms with van der Waals surface area (Å²) in [6.07, 6.45) is 3.57. The Hall–Kier alpha value is -3.41. The van der Waals surface area contributed by atoms with E-state index >= 15 is 0 Å². The minimum Gasteiger partial charge on any atom is -0.350 e. The highest BCUT2D eigenvalue weighted by Gasteiger charge is 2.09. The highest BCUT2D eigenvalue weighted by atomic mass is 16.2. The van der Waals surface area contributed by atoms with E-state index < -0.39 is 0 Å². The molecule has 0 saturated carbocycles. The summed E-state index contributed by atoms with van der Waals surface area (Å²) in [6.45, 7) is 4.15. The topological polar surface area (TPSA) is 76.0 Å². The summed E-state index contributed by atoms with van der Waals surface area (Å²) in [6, 6.07) is 15.3. The molecular weight excluding hydrogens is 340 g/mol. The Balaban J connectivity index is 1.49. The first-order valence-corrected chi connectivity index (χ1v) is 8.73. The molecule has 0 aliphatic carbocycles. The molecule has 0 fully saturated rings. The molecule has 0 saturated heterocycles. The summed E-state index contributed by atoms with van der Waals surface area (Å²) in [5.41, 5.74) is 4.42. The number of nitrogens with one attached hydrogen (secondary N) is 2. The van der Waals surface area contributed by atoms with E-state index in [9.17, 15) is 9.59 Å². The average molecular weight is 362 g/mol. The van der Waals surface area contributed by atoms with E-state index in [0.717, 1.165) is 22.4 Å². The molecule has 0 aliphatic heterocycles. The van der Waals surface area contributed by atoms with Crippen LogP contribution in [0.25, 0.3) is 5.69 Å². The number of carbonyl (C=O) groups excluding carboxylic acids is 2. The number of amides is 2. The molecule has 27 heavy (non-hydrogen) atoms. The molecule has 0 radical (unpaired) electrons. The van der Waals surface area contributed by atoms with Gasteiger partial charge in [-0.3, -0.25) is 9.59 Å². The second-order valence-electron chi connectivity index (χ2n) is 6.46. The Labute approximate surface area is 158 Å². The zero-order chi connectivity index (χ0) is 19.2. The minimum atomic E-state index is -0.256. The van der Waals surface area contributed by atoms with E-state index in [-0.39, 0.29) is 18.4 Å². The SMILES string of the molecule is Cc1cc(C)cc(C(=O)NCC(=O)NCc2cnn(-c3ccccc3)c2)c1. The van der Waals surface area contributed by atoms with Crippen LogP contribution < -0.4 is 10.6 Å². The lowest BCUT2D eigenvalue weighted by molar-refractivity contribution is -0.120. The normalized spacial score (nSPS) is 10.4. The Morgan fingerprint density at radius 3 is 2.41 bits per heavy atom. The number of aryl methyl sites for hydroxylation is 2. The fourth-order valence-electron chi connectivity index (χ4n) is 2.80. The van der Waals surface area contributed by atoms with Gasteiger partial charge in [-0.2, -0.15) is 5.10 Å². The standard InChI is InChI=1S/C21H22N4O2/c1-15-8-16(2)10-18(9-15)21(27)23-13-20(26)22-11-17-12-24-25(14-17)19-6-4-3-5-7-19/h3-10,12,14H,11,13H2,1-2H3,(H,22,26)(H,23,27). The molecule has 0 aliphatic rings. The van der Waals surface area contributed by atoms with Gasteiger partial charge < -0.3 is 10.6 Å². The number of carbonyl (C=O) groups is 2. The molecule has 6 nitrogen and oxygen atoms in total. The zero-order valence-electron chi connectivity index (χ0n) is 15.4. The average Bonchev–Trinajstić information content (AvgIpc) is 3.13. The molecule has 2 N–H and O–H groups in total. The van der Waals surface area contributed by atoms with Crippen molar-refractivity contribution in [2.75, 3.05) is 6.54 Å². The maximum Gasteiger partial charge on any atom is 0.251 e. The van der Waals surface area contributed by atoms with Crippen LogP contribution in [0.15, 0.2) is 60.9 Å². The predicted molar refractivity (Wildman–Crippen MR) is 104 cm³/mol. The summed E-state index contributed by atoms with van der Waals surface area (Å²) in [5.74, 6) is -0.506. The summed E-state index contributed by atoms with van der Waals surface area (Å²) < 4.78 is 1.75. The van der Waals surface area contributed by atoms with Gasteiger partial charge in [0.15, 0.2) is 0 Å². The molecule has 3 aromatic rings. The van der Waals surface area contributed by atoms with Crippen molar-refractivity contribution in [1.82, 2.24) is 20.4 Å². The van der Waals surface area contributed by atoms with Gasteiger partial charge in [-0.15, -0.1) is 0 Å². The number of hydrogen-bond donors (Lipinski definition) is 2. The number of benzene rings is 2. The Morgan fingerprint density at radius 1 is 1.00 bits per heavy atom. The molecular formula is C21H22N4O2. The van der Waals surface area contributed by atoms with Crippen LogP contribution in [0.2, 0.25) is 0 Å². The van der Waals surface area contributed by atoms with Crippen molar-refractivity contribution < 1.29 is 9.59 Å². The van der Waals surface area contributed by atoms with Gasteiger partial charge in [0.2, 0.25) is 5.91 Å². The van der Waals surface area contributed by atoms with E-state index in [1.807, 2.05) is 56.4 Å². The van der Waals surface area contributed by atoms with Crippen LogP contribution in [0.5, 0.6) is 0 Å². The third kappa shape index (κ3) is 5.04. The quantitative estimate of drug-likeness (QED) is 0.707. The molecule has 0 bridgehead atoms. The largest absolute Gasteiger partial charge is 0.350 e. The predicted octanol–water partition coefficient (Wildman–Crippen LogP) is 2.54. The van der Waals surface area contributed by atoms with Crippen LogP contribution in [0.1, 0.15) is 27.0 Å². The lowest BCUT2D eigenvalue weighted by atomic mass is 10.1. The van der Waals surface area contributed by atoms with Crippen molar-refractivity contribution in [2.24, 2.45) is 0 Å². The molecule has 6 heteroatoms. The molecule has 0 atom stereocenters. The molecule has 0 unspecified atom stereocenters. The molecule has 1 aromatic heterocycles. The fourth-order valence-corrected chi connectivity index (χ4v) is 2.80. The molecule has 1 heterocycles. The van der Waals surface area contributed by atoms with Crippen molar-refractivity contribution in [3.63, 3.8) is 0 Å². The monoisotopic (exact) mass is 362 g/mol. The number of nitrogens with zero attached hydrogens (tertiary/aromatic N) is 2. The smallest absolute Gasteiger partial charge is 0.251 e. The van der Waals surface area contributed by atoms with E-state index in [2.05, 4.69) is 15.7 Å². The summed E-state index contributed by atoms with van der Waals surface area (Å²) in [7, 11) is 0. The number of aromatic nitrogens is 2. The highest BCUT2D eigenvalue weighted by Crippen LogP contribution is 2.09. The van der Waals surface area contributed by atoms with Crippen molar-refractivity contribution in [2.45, 2.75) is 20.4 Å². The van der Waals surface area contributed by atoms with Crippen LogP contribution in [0.4, 0.5) is 0 Å². The van der Waals surface area contributed by atoms with Gasteiger partial charge in [0.05, 0.1) is 18.4 Å².